The van der Waals surface area contributed by atoms with Crippen molar-refractivity contribution in [3.63, 3.8) is 0 Å². The SMILES string of the molecule is COCCOCCOCCOCCCCCCCCCCP(c1ccccc1)c1ccccc1. The summed E-state index contributed by atoms with van der Waals surface area (Å²) in [7, 11) is 1.45. The summed E-state index contributed by atoms with van der Waals surface area (Å²) >= 11 is 0. The molecule has 0 radical (unpaired) electrons. The Kier molecular flexibility index (Phi) is 17.9. The molecule has 0 amide bonds. The van der Waals surface area contributed by atoms with Crippen LogP contribution in [0.1, 0.15) is 51.4 Å². The van der Waals surface area contributed by atoms with Crippen molar-refractivity contribution < 1.29 is 18.9 Å². The van der Waals surface area contributed by atoms with Crippen LogP contribution >= 0.6 is 7.92 Å². The number of rotatable bonds is 22. The summed E-state index contributed by atoms with van der Waals surface area (Å²) in [6, 6.07) is 22.1. The minimum Gasteiger partial charge on any atom is -0.382 e. The highest BCUT2D eigenvalue weighted by Gasteiger charge is 2.12. The zero-order valence-electron chi connectivity index (χ0n) is 21.2. The van der Waals surface area contributed by atoms with Crippen molar-refractivity contribution in [1.82, 2.24) is 0 Å². The highest BCUT2D eigenvalue weighted by atomic mass is 31.1. The Labute approximate surface area is 209 Å². The van der Waals surface area contributed by atoms with Gasteiger partial charge >= 0.3 is 0 Å². The molecule has 0 saturated heterocycles. The summed E-state index contributed by atoms with van der Waals surface area (Å²) < 4.78 is 21.4. The molecule has 2 rings (SSSR count). The van der Waals surface area contributed by atoms with Gasteiger partial charge in [0.2, 0.25) is 0 Å². The van der Waals surface area contributed by atoms with E-state index in [4.69, 9.17) is 18.9 Å². The van der Waals surface area contributed by atoms with Crippen LogP contribution in [0, 0.1) is 0 Å². The van der Waals surface area contributed by atoms with Crippen LogP contribution in [0.3, 0.4) is 0 Å². The summed E-state index contributed by atoms with van der Waals surface area (Å²) in [6.07, 6.45) is 11.8. The third-order valence-corrected chi connectivity index (χ3v) is 8.34. The highest BCUT2D eigenvalue weighted by molar-refractivity contribution is 7.73. The normalized spacial score (nSPS) is 11.4. The lowest BCUT2D eigenvalue weighted by Crippen LogP contribution is -2.13. The average Bonchev–Trinajstić information content (AvgIpc) is 2.88. The van der Waals surface area contributed by atoms with Crippen molar-refractivity contribution in [1.29, 1.82) is 0 Å². The van der Waals surface area contributed by atoms with E-state index in [2.05, 4.69) is 60.7 Å². The molecule has 0 heterocycles. The van der Waals surface area contributed by atoms with Gasteiger partial charge in [-0.25, -0.2) is 0 Å². The second-order valence-corrected chi connectivity index (χ2v) is 10.8. The molecule has 0 aliphatic rings. The molecule has 0 atom stereocenters. The van der Waals surface area contributed by atoms with E-state index < -0.39 is 0 Å². The Bertz CT molecular complexity index is 644. The van der Waals surface area contributed by atoms with Gasteiger partial charge in [0.15, 0.2) is 0 Å². The Hall–Kier alpha value is -1.29. The van der Waals surface area contributed by atoms with Crippen molar-refractivity contribution in [3.8, 4) is 0 Å². The lowest BCUT2D eigenvalue weighted by atomic mass is 10.1. The van der Waals surface area contributed by atoms with Crippen LogP contribution in [0.15, 0.2) is 60.7 Å². The van der Waals surface area contributed by atoms with Crippen LogP contribution in [0.25, 0.3) is 0 Å². The van der Waals surface area contributed by atoms with Crippen LogP contribution in [0.5, 0.6) is 0 Å². The molecule has 0 bridgehead atoms. The Morgan fingerprint density at radius 2 is 0.882 bits per heavy atom. The summed E-state index contributed by atoms with van der Waals surface area (Å²) in [4.78, 5) is 0. The predicted molar refractivity (Wildman–Crippen MR) is 145 cm³/mol. The van der Waals surface area contributed by atoms with Gasteiger partial charge in [-0.2, -0.15) is 0 Å². The second kappa shape index (κ2) is 21.0. The molecule has 5 heteroatoms. The minimum absolute atomic E-state index is 0.230. The first-order chi connectivity index (χ1) is 16.9. The van der Waals surface area contributed by atoms with Crippen molar-refractivity contribution in [2.45, 2.75) is 51.4 Å². The quantitative estimate of drug-likeness (QED) is 0.152. The van der Waals surface area contributed by atoms with Gasteiger partial charge in [-0.3, -0.25) is 0 Å². The molecule has 0 saturated carbocycles. The van der Waals surface area contributed by atoms with E-state index in [0.717, 1.165) is 13.0 Å². The monoisotopic (exact) mass is 488 g/mol. The maximum absolute atomic E-state index is 5.65. The molecule has 34 heavy (non-hydrogen) atoms. The molecule has 2 aromatic carbocycles. The van der Waals surface area contributed by atoms with Gasteiger partial charge in [0.1, 0.15) is 0 Å². The third kappa shape index (κ3) is 14.2. The molecule has 0 aliphatic carbocycles. The summed E-state index contributed by atoms with van der Waals surface area (Å²) in [6.45, 7) is 4.65. The molecule has 4 nitrogen and oxygen atoms in total. The highest BCUT2D eigenvalue weighted by Crippen LogP contribution is 2.34. The predicted octanol–water partition coefficient (Wildman–Crippen LogP) is 5.94. The third-order valence-electron chi connectivity index (χ3n) is 5.73. The fourth-order valence-corrected chi connectivity index (χ4v) is 6.26. The molecule has 0 fully saturated rings. The summed E-state index contributed by atoms with van der Waals surface area (Å²) in [5.41, 5.74) is 0. The van der Waals surface area contributed by atoms with E-state index in [9.17, 15) is 0 Å². The van der Waals surface area contributed by atoms with Gasteiger partial charge < -0.3 is 18.9 Å². The Morgan fingerprint density at radius 3 is 1.38 bits per heavy atom. The fourth-order valence-electron chi connectivity index (χ4n) is 3.84. The average molecular weight is 489 g/mol. The Morgan fingerprint density at radius 1 is 0.471 bits per heavy atom. The molecule has 0 spiro atoms. The van der Waals surface area contributed by atoms with Crippen molar-refractivity contribution in [2.75, 3.05) is 59.5 Å². The van der Waals surface area contributed by atoms with Crippen LogP contribution in [0.2, 0.25) is 0 Å². The largest absolute Gasteiger partial charge is 0.382 e. The van der Waals surface area contributed by atoms with Gasteiger partial charge in [0.25, 0.3) is 0 Å². The molecule has 0 unspecified atom stereocenters. The molecule has 0 aliphatic heterocycles. The van der Waals surface area contributed by atoms with Gasteiger partial charge in [-0.15, -0.1) is 0 Å². The first-order valence-electron chi connectivity index (χ1n) is 13.0. The topological polar surface area (TPSA) is 36.9 Å². The zero-order chi connectivity index (χ0) is 23.9. The molecule has 2 aromatic rings. The number of methoxy groups -OCH3 is 1. The van der Waals surface area contributed by atoms with E-state index in [-0.39, 0.29) is 7.92 Å². The van der Waals surface area contributed by atoms with Crippen LogP contribution in [0.4, 0.5) is 0 Å². The van der Waals surface area contributed by atoms with Crippen molar-refractivity contribution in [2.24, 2.45) is 0 Å². The van der Waals surface area contributed by atoms with Crippen molar-refractivity contribution >= 4 is 18.5 Å². The Balaban J connectivity index is 1.39. The maximum atomic E-state index is 5.65. The number of hydrogen-bond acceptors (Lipinski definition) is 4. The number of ether oxygens (including phenoxy) is 4. The van der Waals surface area contributed by atoms with E-state index in [0.29, 0.717) is 39.6 Å². The fraction of sp³-hybridized carbons (Fsp3) is 0.586. The summed E-state index contributed by atoms with van der Waals surface area (Å²) in [5, 5.41) is 3.01. The smallest absolute Gasteiger partial charge is 0.0701 e. The lowest BCUT2D eigenvalue weighted by Gasteiger charge is -2.18. The number of hydrogen-bond donors (Lipinski definition) is 0. The van der Waals surface area contributed by atoms with E-state index >= 15 is 0 Å². The van der Waals surface area contributed by atoms with Crippen molar-refractivity contribution in [3.05, 3.63) is 60.7 Å². The standard InChI is InChI=1S/C29H45O4P/c1-30-21-22-32-25-26-33-24-23-31-20-14-6-4-2-3-5-7-15-27-34(28-16-10-8-11-17-28)29-18-12-9-13-19-29/h8-13,16-19H,2-7,14-15,20-27H2,1H3. The zero-order valence-corrected chi connectivity index (χ0v) is 22.1. The van der Waals surface area contributed by atoms with Gasteiger partial charge in [-0.1, -0.05) is 99.2 Å². The number of benzene rings is 2. The van der Waals surface area contributed by atoms with Crippen LogP contribution < -0.4 is 10.6 Å². The molecule has 0 N–H and O–H groups in total. The van der Waals surface area contributed by atoms with E-state index in [1.165, 1.54) is 61.7 Å². The van der Waals surface area contributed by atoms with Gasteiger partial charge in [-0.05, 0) is 37.5 Å². The maximum Gasteiger partial charge on any atom is 0.0701 e. The minimum atomic E-state index is -0.230. The molecule has 0 aromatic heterocycles. The molecular weight excluding hydrogens is 443 g/mol. The first kappa shape index (κ1) is 28.9. The first-order valence-corrected chi connectivity index (χ1v) is 14.5. The van der Waals surface area contributed by atoms with E-state index in [1.54, 1.807) is 7.11 Å². The lowest BCUT2D eigenvalue weighted by molar-refractivity contribution is 0.00323. The summed E-state index contributed by atoms with van der Waals surface area (Å²) in [5.74, 6) is 0. The van der Waals surface area contributed by atoms with Gasteiger partial charge in [0.05, 0.1) is 39.6 Å². The second-order valence-electron chi connectivity index (χ2n) is 8.48. The number of unbranched alkanes of at least 4 members (excludes halogenated alkanes) is 7. The van der Waals surface area contributed by atoms with Crippen LogP contribution in [-0.2, 0) is 18.9 Å². The molecule has 190 valence electrons. The van der Waals surface area contributed by atoms with Gasteiger partial charge in [0, 0.05) is 13.7 Å². The van der Waals surface area contributed by atoms with Crippen LogP contribution in [-0.4, -0.2) is 59.5 Å². The molecular formula is C29H45O4P. The van der Waals surface area contributed by atoms with E-state index in [1.807, 2.05) is 0 Å².